The summed E-state index contributed by atoms with van der Waals surface area (Å²) in [5, 5.41) is 7.25. The standard InChI is InChI=1S/C18H16FN3O/c19-11-5-7-12(8-6-11)21-18(23)16-9-14-13-3-1-2-4-15(13)22-17(14)10-20-16/h1-8,16,20,22H,9-10H2,(H,21,23)/t16-/m0/s1. The van der Waals surface area contributed by atoms with Crippen molar-refractivity contribution < 1.29 is 9.18 Å². The van der Waals surface area contributed by atoms with Gasteiger partial charge >= 0.3 is 0 Å². The lowest BCUT2D eigenvalue weighted by atomic mass is 9.98. The lowest BCUT2D eigenvalue weighted by Crippen LogP contribution is -2.44. The minimum atomic E-state index is -0.317. The number of aromatic amines is 1. The molecule has 5 heteroatoms. The molecule has 4 rings (SSSR count). The summed E-state index contributed by atoms with van der Waals surface area (Å²) in [6, 6.07) is 13.6. The van der Waals surface area contributed by atoms with Gasteiger partial charge in [0.1, 0.15) is 5.82 Å². The average molecular weight is 309 g/mol. The van der Waals surface area contributed by atoms with Gasteiger partial charge in [-0.15, -0.1) is 0 Å². The first-order valence-electron chi connectivity index (χ1n) is 7.59. The van der Waals surface area contributed by atoms with E-state index in [9.17, 15) is 9.18 Å². The number of hydrogen-bond acceptors (Lipinski definition) is 2. The zero-order valence-electron chi connectivity index (χ0n) is 12.4. The molecule has 1 aliphatic heterocycles. The maximum Gasteiger partial charge on any atom is 0.241 e. The normalized spacial score (nSPS) is 17.0. The van der Waals surface area contributed by atoms with E-state index < -0.39 is 0 Å². The highest BCUT2D eigenvalue weighted by atomic mass is 19.1. The van der Waals surface area contributed by atoms with Gasteiger partial charge < -0.3 is 10.3 Å². The molecule has 4 nitrogen and oxygen atoms in total. The van der Waals surface area contributed by atoms with E-state index in [0.29, 0.717) is 18.7 Å². The molecule has 0 fully saturated rings. The Morgan fingerprint density at radius 1 is 1.13 bits per heavy atom. The molecule has 1 amide bonds. The van der Waals surface area contributed by atoms with Crippen molar-refractivity contribution in [1.82, 2.24) is 10.3 Å². The van der Waals surface area contributed by atoms with Crippen LogP contribution in [0.1, 0.15) is 11.3 Å². The second-order valence-electron chi connectivity index (χ2n) is 5.76. The van der Waals surface area contributed by atoms with E-state index in [1.54, 1.807) is 12.1 Å². The van der Waals surface area contributed by atoms with Gasteiger partial charge in [0.2, 0.25) is 5.91 Å². The summed E-state index contributed by atoms with van der Waals surface area (Å²) in [7, 11) is 0. The first-order chi connectivity index (χ1) is 11.2. The van der Waals surface area contributed by atoms with Crippen LogP contribution in [0.4, 0.5) is 10.1 Å². The number of nitrogens with one attached hydrogen (secondary N) is 3. The van der Waals surface area contributed by atoms with E-state index in [1.807, 2.05) is 18.2 Å². The molecule has 2 aromatic carbocycles. The molecule has 0 saturated heterocycles. The van der Waals surface area contributed by atoms with Crippen molar-refractivity contribution in [2.45, 2.75) is 19.0 Å². The van der Waals surface area contributed by atoms with Crippen LogP contribution < -0.4 is 10.6 Å². The van der Waals surface area contributed by atoms with Gasteiger partial charge in [0.05, 0.1) is 6.04 Å². The molecule has 116 valence electrons. The molecule has 0 radical (unpaired) electrons. The molecular weight excluding hydrogens is 293 g/mol. The largest absolute Gasteiger partial charge is 0.357 e. The number of aromatic nitrogens is 1. The van der Waals surface area contributed by atoms with Gasteiger partial charge in [-0.25, -0.2) is 4.39 Å². The first-order valence-corrected chi connectivity index (χ1v) is 7.59. The molecule has 3 aromatic rings. The van der Waals surface area contributed by atoms with E-state index in [-0.39, 0.29) is 17.8 Å². The Bertz CT molecular complexity index is 870. The van der Waals surface area contributed by atoms with Crippen LogP contribution in [0.3, 0.4) is 0 Å². The van der Waals surface area contributed by atoms with Gasteiger partial charge in [0, 0.05) is 28.8 Å². The molecule has 1 aliphatic rings. The minimum absolute atomic E-state index is 0.104. The molecule has 0 bridgehead atoms. The molecular formula is C18H16FN3O. The highest BCUT2D eigenvalue weighted by molar-refractivity contribution is 5.96. The number of amides is 1. The highest BCUT2D eigenvalue weighted by Crippen LogP contribution is 2.26. The lowest BCUT2D eigenvalue weighted by molar-refractivity contribution is -0.118. The fourth-order valence-electron chi connectivity index (χ4n) is 3.09. The van der Waals surface area contributed by atoms with Crippen molar-refractivity contribution >= 4 is 22.5 Å². The smallest absolute Gasteiger partial charge is 0.241 e. The quantitative estimate of drug-likeness (QED) is 0.681. The highest BCUT2D eigenvalue weighted by Gasteiger charge is 2.26. The van der Waals surface area contributed by atoms with E-state index >= 15 is 0 Å². The third-order valence-electron chi connectivity index (χ3n) is 4.26. The number of anilines is 1. The molecule has 3 N–H and O–H groups in total. The fraction of sp³-hybridized carbons (Fsp3) is 0.167. The van der Waals surface area contributed by atoms with Gasteiger partial charge in [-0.2, -0.15) is 0 Å². The Balaban J connectivity index is 1.55. The van der Waals surface area contributed by atoms with Gasteiger partial charge in [-0.05, 0) is 42.3 Å². The Morgan fingerprint density at radius 3 is 2.74 bits per heavy atom. The summed E-state index contributed by atoms with van der Waals surface area (Å²) < 4.78 is 12.9. The maximum atomic E-state index is 12.9. The number of hydrogen-bond donors (Lipinski definition) is 3. The van der Waals surface area contributed by atoms with E-state index in [2.05, 4.69) is 21.7 Å². The van der Waals surface area contributed by atoms with Crippen molar-refractivity contribution in [3.05, 3.63) is 65.6 Å². The summed E-state index contributed by atoms with van der Waals surface area (Å²) >= 11 is 0. The van der Waals surface area contributed by atoms with Crippen LogP contribution in [-0.4, -0.2) is 16.9 Å². The van der Waals surface area contributed by atoms with Crippen molar-refractivity contribution in [1.29, 1.82) is 0 Å². The minimum Gasteiger partial charge on any atom is -0.357 e. The topological polar surface area (TPSA) is 56.9 Å². The second kappa shape index (κ2) is 5.52. The average Bonchev–Trinajstić information content (AvgIpc) is 2.94. The lowest BCUT2D eigenvalue weighted by Gasteiger charge is -2.23. The Morgan fingerprint density at radius 2 is 1.91 bits per heavy atom. The number of halogens is 1. The van der Waals surface area contributed by atoms with E-state index in [0.717, 1.165) is 11.2 Å². The maximum absolute atomic E-state index is 12.9. The van der Waals surface area contributed by atoms with Crippen molar-refractivity contribution in [3.8, 4) is 0 Å². The summed E-state index contributed by atoms with van der Waals surface area (Å²) in [4.78, 5) is 15.8. The summed E-state index contributed by atoms with van der Waals surface area (Å²) in [6.07, 6.45) is 0.631. The number of carbonyl (C=O) groups excluding carboxylic acids is 1. The zero-order chi connectivity index (χ0) is 15.8. The van der Waals surface area contributed by atoms with Crippen LogP contribution in [-0.2, 0) is 17.8 Å². The Hall–Kier alpha value is -2.66. The summed E-state index contributed by atoms with van der Waals surface area (Å²) in [6.45, 7) is 0.630. The number of H-pyrrole nitrogens is 1. The molecule has 0 saturated carbocycles. The van der Waals surface area contributed by atoms with Gasteiger partial charge in [0.15, 0.2) is 0 Å². The van der Waals surface area contributed by atoms with E-state index in [4.69, 9.17) is 0 Å². The molecule has 0 unspecified atom stereocenters. The predicted molar refractivity (Wildman–Crippen MR) is 87.7 cm³/mol. The monoisotopic (exact) mass is 309 g/mol. The van der Waals surface area contributed by atoms with Crippen LogP contribution in [0.5, 0.6) is 0 Å². The second-order valence-corrected chi connectivity index (χ2v) is 5.76. The SMILES string of the molecule is O=C(Nc1ccc(F)cc1)[C@@H]1Cc2c([nH]c3ccccc23)CN1. The molecule has 1 atom stereocenters. The van der Waals surface area contributed by atoms with Gasteiger partial charge in [0.25, 0.3) is 0 Å². The third kappa shape index (κ3) is 2.59. The molecule has 1 aromatic heterocycles. The Labute approximate surface area is 132 Å². The molecule has 0 spiro atoms. The van der Waals surface area contributed by atoms with Crippen LogP contribution in [0.15, 0.2) is 48.5 Å². The fourth-order valence-corrected chi connectivity index (χ4v) is 3.09. The van der Waals surface area contributed by atoms with Crippen LogP contribution in [0, 0.1) is 5.82 Å². The molecule has 0 aliphatic carbocycles. The predicted octanol–water partition coefficient (Wildman–Crippen LogP) is 2.96. The van der Waals surface area contributed by atoms with Crippen molar-refractivity contribution in [2.75, 3.05) is 5.32 Å². The van der Waals surface area contributed by atoms with Crippen LogP contribution in [0.25, 0.3) is 10.9 Å². The third-order valence-corrected chi connectivity index (χ3v) is 4.26. The Kier molecular flexibility index (Phi) is 3.35. The van der Waals surface area contributed by atoms with Crippen LogP contribution in [0.2, 0.25) is 0 Å². The van der Waals surface area contributed by atoms with Gasteiger partial charge in [-0.3, -0.25) is 10.1 Å². The number of carbonyl (C=O) groups is 1. The molecule has 23 heavy (non-hydrogen) atoms. The van der Waals surface area contributed by atoms with Crippen LogP contribution >= 0.6 is 0 Å². The van der Waals surface area contributed by atoms with Gasteiger partial charge in [-0.1, -0.05) is 18.2 Å². The van der Waals surface area contributed by atoms with E-state index in [1.165, 1.54) is 23.1 Å². The first kappa shape index (κ1) is 14.0. The summed E-state index contributed by atoms with van der Waals surface area (Å²) in [5.41, 5.74) is 4.03. The van der Waals surface area contributed by atoms with Crippen molar-refractivity contribution in [3.63, 3.8) is 0 Å². The van der Waals surface area contributed by atoms with Crippen molar-refractivity contribution in [2.24, 2.45) is 0 Å². The summed E-state index contributed by atoms with van der Waals surface area (Å²) in [5.74, 6) is -0.422. The number of para-hydroxylation sites is 1. The number of benzene rings is 2. The number of fused-ring (bicyclic) bond motifs is 3. The molecule has 2 heterocycles. The number of rotatable bonds is 2. The zero-order valence-corrected chi connectivity index (χ0v) is 12.4.